The highest BCUT2D eigenvalue weighted by Crippen LogP contribution is 2.31. The maximum absolute atomic E-state index is 14.7. The molecule has 4 aromatic rings. The number of benzene rings is 4. The molecule has 0 bridgehead atoms. The Kier molecular flexibility index (Phi) is 12.1. The SMILES string of the molecule is CC[C@H](C)NC(=O)[C@H](Cc1ccccc1)N(Cc1cccc(OC)c1)C(=O)CN(c1cccc(Cl)c1C)S(=O)(=O)c1ccc(C)cc1. The van der Waals surface area contributed by atoms with E-state index in [1.54, 1.807) is 56.5 Å². The van der Waals surface area contributed by atoms with Gasteiger partial charge in [-0.3, -0.25) is 13.9 Å². The van der Waals surface area contributed by atoms with Crippen LogP contribution in [0.15, 0.2) is 102 Å². The van der Waals surface area contributed by atoms with Gasteiger partial charge < -0.3 is 15.0 Å². The van der Waals surface area contributed by atoms with E-state index in [9.17, 15) is 18.0 Å². The first-order valence-corrected chi connectivity index (χ1v) is 17.4. The van der Waals surface area contributed by atoms with Crippen molar-refractivity contribution in [2.24, 2.45) is 0 Å². The second-order valence-electron chi connectivity index (χ2n) is 11.6. The molecule has 0 spiro atoms. The fraction of sp³-hybridized carbons (Fsp3) is 0.297. The average molecular weight is 676 g/mol. The fourth-order valence-corrected chi connectivity index (χ4v) is 6.82. The largest absolute Gasteiger partial charge is 0.497 e. The zero-order valence-electron chi connectivity index (χ0n) is 27.4. The first-order chi connectivity index (χ1) is 22.4. The van der Waals surface area contributed by atoms with E-state index >= 15 is 0 Å². The van der Waals surface area contributed by atoms with Crippen LogP contribution in [0.2, 0.25) is 5.02 Å². The molecule has 0 aliphatic heterocycles. The highest BCUT2D eigenvalue weighted by Gasteiger charge is 2.35. The summed E-state index contributed by atoms with van der Waals surface area (Å²) in [6, 6.07) is 27.0. The molecule has 8 nitrogen and oxygen atoms in total. The Hall–Kier alpha value is -4.34. The lowest BCUT2D eigenvalue weighted by Crippen LogP contribution is -2.54. The quantitative estimate of drug-likeness (QED) is 0.160. The number of ether oxygens (including phenoxy) is 1. The van der Waals surface area contributed by atoms with Crippen molar-refractivity contribution < 1.29 is 22.7 Å². The van der Waals surface area contributed by atoms with E-state index in [-0.39, 0.29) is 35.5 Å². The van der Waals surface area contributed by atoms with Crippen molar-refractivity contribution in [3.63, 3.8) is 0 Å². The van der Waals surface area contributed by atoms with Crippen molar-refractivity contribution in [1.82, 2.24) is 10.2 Å². The summed E-state index contributed by atoms with van der Waals surface area (Å²) in [6.07, 6.45) is 0.921. The van der Waals surface area contributed by atoms with Gasteiger partial charge in [0.25, 0.3) is 10.0 Å². The third-order valence-electron chi connectivity index (χ3n) is 8.15. The molecule has 0 aromatic heterocycles. The minimum atomic E-state index is -4.24. The van der Waals surface area contributed by atoms with Crippen molar-refractivity contribution in [3.8, 4) is 5.75 Å². The average Bonchev–Trinajstić information content (AvgIpc) is 3.07. The molecular formula is C37H42ClN3O5S. The molecule has 0 saturated heterocycles. The number of hydrogen-bond donors (Lipinski definition) is 1. The summed E-state index contributed by atoms with van der Waals surface area (Å²) < 4.78 is 35.1. The Morgan fingerprint density at radius 2 is 1.55 bits per heavy atom. The summed E-state index contributed by atoms with van der Waals surface area (Å²) in [6.45, 7) is 6.93. The molecule has 10 heteroatoms. The molecule has 0 radical (unpaired) electrons. The smallest absolute Gasteiger partial charge is 0.264 e. The van der Waals surface area contributed by atoms with E-state index in [1.165, 1.54) is 17.0 Å². The van der Waals surface area contributed by atoms with Crippen LogP contribution >= 0.6 is 11.6 Å². The van der Waals surface area contributed by atoms with Gasteiger partial charge in [0.2, 0.25) is 11.8 Å². The summed E-state index contributed by atoms with van der Waals surface area (Å²) in [7, 11) is -2.69. The normalized spacial score (nSPS) is 12.6. The number of hydrogen-bond acceptors (Lipinski definition) is 5. The Morgan fingerprint density at radius 1 is 0.894 bits per heavy atom. The van der Waals surface area contributed by atoms with Crippen LogP contribution in [-0.4, -0.2) is 50.9 Å². The number of nitrogens with one attached hydrogen (secondary N) is 1. The van der Waals surface area contributed by atoms with Crippen molar-refractivity contribution in [1.29, 1.82) is 0 Å². The monoisotopic (exact) mass is 675 g/mol. The van der Waals surface area contributed by atoms with E-state index in [4.69, 9.17) is 16.3 Å². The van der Waals surface area contributed by atoms with Crippen molar-refractivity contribution >= 4 is 39.1 Å². The molecule has 0 unspecified atom stereocenters. The minimum absolute atomic E-state index is 0.0324. The highest BCUT2D eigenvalue weighted by atomic mass is 35.5. The molecular weight excluding hydrogens is 634 g/mol. The van der Waals surface area contributed by atoms with Gasteiger partial charge in [0.15, 0.2) is 0 Å². The van der Waals surface area contributed by atoms with E-state index in [2.05, 4.69) is 5.32 Å². The van der Waals surface area contributed by atoms with Crippen LogP contribution < -0.4 is 14.4 Å². The third-order valence-corrected chi connectivity index (χ3v) is 10.3. The first kappa shape index (κ1) is 35.5. The Morgan fingerprint density at radius 3 is 2.21 bits per heavy atom. The molecule has 4 rings (SSSR count). The number of amides is 2. The van der Waals surface area contributed by atoms with Gasteiger partial charge in [-0.25, -0.2) is 8.42 Å². The molecule has 2 atom stereocenters. The highest BCUT2D eigenvalue weighted by molar-refractivity contribution is 7.92. The maximum atomic E-state index is 14.7. The van der Waals surface area contributed by atoms with E-state index in [1.807, 2.05) is 63.2 Å². The third kappa shape index (κ3) is 8.93. The molecule has 47 heavy (non-hydrogen) atoms. The van der Waals surface area contributed by atoms with Gasteiger partial charge in [0.1, 0.15) is 18.3 Å². The summed E-state index contributed by atoms with van der Waals surface area (Å²) in [5.41, 5.74) is 3.25. The molecule has 0 fully saturated rings. The predicted molar refractivity (Wildman–Crippen MR) is 187 cm³/mol. The lowest BCUT2D eigenvalue weighted by Gasteiger charge is -2.34. The Labute approximate surface area is 283 Å². The van der Waals surface area contributed by atoms with Gasteiger partial charge in [-0.2, -0.15) is 0 Å². The molecule has 0 heterocycles. The summed E-state index contributed by atoms with van der Waals surface area (Å²) in [5.74, 6) is -0.286. The van der Waals surface area contributed by atoms with E-state index < -0.39 is 28.5 Å². The number of halogens is 1. The van der Waals surface area contributed by atoms with E-state index in [0.717, 1.165) is 21.0 Å². The molecule has 248 valence electrons. The van der Waals surface area contributed by atoms with Crippen LogP contribution in [0.4, 0.5) is 5.69 Å². The van der Waals surface area contributed by atoms with Gasteiger partial charge in [-0.1, -0.05) is 84.8 Å². The van der Waals surface area contributed by atoms with Gasteiger partial charge in [-0.15, -0.1) is 0 Å². The van der Waals surface area contributed by atoms with Crippen molar-refractivity contribution in [3.05, 3.63) is 124 Å². The lowest BCUT2D eigenvalue weighted by molar-refractivity contribution is -0.140. The summed E-state index contributed by atoms with van der Waals surface area (Å²) in [5, 5.41) is 3.41. The van der Waals surface area contributed by atoms with Gasteiger partial charge >= 0.3 is 0 Å². The minimum Gasteiger partial charge on any atom is -0.497 e. The Balaban J connectivity index is 1.85. The zero-order valence-corrected chi connectivity index (χ0v) is 29.0. The van der Waals surface area contributed by atoms with Crippen LogP contribution in [0.1, 0.15) is 42.5 Å². The van der Waals surface area contributed by atoms with Crippen LogP contribution in [0.5, 0.6) is 5.75 Å². The van der Waals surface area contributed by atoms with Crippen LogP contribution in [-0.2, 0) is 32.6 Å². The van der Waals surface area contributed by atoms with Gasteiger partial charge in [-0.05, 0) is 80.3 Å². The molecule has 2 amide bonds. The number of anilines is 1. The first-order valence-electron chi connectivity index (χ1n) is 15.6. The molecule has 0 aliphatic rings. The fourth-order valence-electron chi connectivity index (χ4n) is 5.18. The number of aryl methyl sites for hydroxylation is 1. The number of sulfonamides is 1. The van der Waals surface area contributed by atoms with Gasteiger partial charge in [0.05, 0.1) is 17.7 Å². The van der Waals surface area contributed by atoms with Crippen LogP contribution in [0.3, 0.4) is 0 Å². The second-order valence-corrected chi connectivity index (χ2v) is 13.9. The molecule has 0 saturated carbocycles. The van der Waals surface area contributed by atoms with Crippen LogP contribution in [0, 0.1) is 13.8 Å². The number of carbonyl (C=O) groups excluding carboxylic acids is 2. The second kappa shape index (κ2) is 16.0. The maximum Gasteiger partial charge on any atom is 0.264 e. The standard InChI is InChI=1S/C37H42ClN3O5S/c1-6-27(3)39-37(43)35(23-29-12-8-7-9-13-29)40(24-30-14-10-15-31(22-30)46-5)36(42)25-41(34-17-11-16-33(38)28(34)4)47(44,45)32-20-18-26(2)19-21-32/h7-22,27,35H,6,23-25H2,1-5H3,(H,39,43)/t27-,35-/m0/s1. The molecule has 0 aliphatic carbocycles. The zero-order chi connectivity index (χ0) is 34.1. The van der Waals surface area contributed by atoms with Crippen molar-refractivity contribution in [2.45, 2.75) is 64.1 Å². The summed E-state index contributed by atoms with van der Waals surface area (Å²) >= 11 is 6.47. The number of methoxy groups -OCH3 is 1. The molecule has 1 N–H and O–H groups in total. The Bertz CT molecular complexity index is 1780. The predicted octanol–water partition coefficient (Wildman–Crippen LogP) is 6.72. The van der Waals surface area contributed by atoms with Crippen LogP contribution in [0.25, 0.3) is 0 Å². The lowest BCUT2D eigenvalue weighted by atomic mass is 10.0. The van der Waals surface area contributed by atoms with E-state index in [0.29, 0.717) is 22.8 Å². The summed E-state index contributed by atoms with van der Waals surface area (Å²) in [4.78, 5) is 30.2. The topological polar surface area (TPSA) is 96.0 Å². The number of nitrogens with zero attached hydrogens (tertiary/aromatic N) is 2. The van der Waals surface area contributed by atoms with Crippen molar-refractivity contribution in [2.75, 3.05) is 18.0 Å². The molecule has 4 aromatic carbocycles. The number of carbonyl (C=O) groups is 2. The van der Waals surface area contributed by atoms with Gasteiger partial charge in [0, 0.05) is 24.0 Å². The number of rotatable bonds is 14.